The molecule has 1 aromatic rings. The van der Waals surface area contributed by atoms with Crippen LogP contribution in [-0.4, -0.2) is 24.8 Å². The fourth-order valence-corrected chi connectivity index (χ4v) is 2.81. The number of ether oxygens (including phenoxy) is 1. The van der Waals surface area contributed by atoms with Crippen molar-refractivity contribution in [2.24, 2.45) is 0 Å². The Balaban J connectivity index is 2.20. The Labute approximate surface area is 114 Å². The van der Waals surface area contributed by atoms with Gasteiger partial charge in [0.2, 0.25) is 0 Å². The highest BCUT2D eigenvalue weighted by Crippen LogP contribution is 2.28. The number of hydrogen-bond donors (Lipinski definition) is 1. The molecule has 4 heteroatoms. The van der Waals surface area contributed by atoms with Crippen LogP contribution in [0.2, 0.25) is 0 Å². The van der Waals surface area contributed by atoms with Crippen molar-refractivity contribution in [3.63, 3.8) is 0 Å². The van der Waals surface area contributed by atoms with Gasteiger partial charge < -0.3 is 14.6 Å². The Morgan fingerprint density at radius 3 is 3.00 bits per heavy atom. The third-order valence-electron chi connectivity index (χ3n) is 3.77. The van der Waals surface area contributed by atoms with Crippen LogP contribution in [0, 0.1) is 0 Å². The Morgan fingerprint density at radius 2 is 2.26 bits per heavy atom. The molecule has 1 heterocycles. The lowest BCUT2D eigenvalue weighted by molar-refractivity contribution is 0.125. The molecule has 0 spiro atoms. The topological polar surface area (TPSA) is 43.3 Å². The van der Waals surface area contributed by atoms with Gasteiger partial charge in [-0.25, -0.2) is 0 Å². The van der Waals surface area contributed by atoms with Gasteiger partial charge in [-0.2, -0.15) is 0 Å². The first-order valence-corrected chi connectivity index (χ1v) is 7.25. The van der Waals surface area contributed by atoms with Crippen molar-refractivity contribution in [1.29, 1.82) is 0 Å². The first kappa shape index (κ1) is 14.3. The number of aromatic nitrogens is 1. The van der Waals surface area contributed by atoms with Gasteiger partial charge in [0.15, 0.2) is 0 Å². The molecule has 19 heavy (non-hydrogen) atoms. The van der Waals surface area contributed by atoms with E-state index in [0.29, 0.717) is 19.2 Å². The number of nitrogens with zero attached hydrogens (tertiary/aromatic N) is 1. The minimum absolute atomic E-state index is 0.0931. The van der Waals surface area contributed by atoms with Crippen molar-refractivity contribution in [2.45, 2.75) is 45.2 Å². The molecule has 0 fully saturated rings. The zero-order valence-corrected chi connectivity index (χ0v) is 11.9. The molecule has 106 valence electrons. The molecule has 0 amide bonds. The van der Waals surface area contributed by atoms with Crippen LogP contribution in [0.5, 0.6) is 0 Å². The van der Waals surface area contributed by atoms with Gasteiger partial charge in [-0.3, -0.25) is 4.79 Å². The summed E-state index contributed by atoms with van der Waals surface area (Å²) < 4.78 is 7.41. The summed E-state index contributed by atoms with van der Waals surface area (Å²) in [4.78, 5) is 12.0. The van der Waals surface area contributed by atoms with Crippen molar-refractivity contribution < 1.29 is 4.74 Å². The second kappa shape index (κ2) is 6.87. The predicted molar refractivity (Wildman–Crippen MR) is 76.6 cm³/mol. The Hall–Kier alpha value is -1.13. The molecule has 1 unspecified atom stereocenters. The summed E-state index contributed by atoms with van der Waals surface area (Å²) in [6.45, 7) is 4.14. The third-order valence-corrected chi connectivity index (χ3v) is 3.77. The van der Waals surface area contributed by atoms with E-state index >= 15 is 0 Å². The lowest BCUT2D eigenvalue weighted by Crippen LogP contribution is -2.31. The van der Waals surface area contributed by atoms with Gasteiger partial charge in [-0.1, -0.05) is 13.0 Å². The van der Waals surface area contributed by atoms with Crippen LogP contribution in [0.4, 0.5) is 0 Å². The van der Waals surface area contributed by atoms with Crippen LogP contribution in [0.25, 0.3) is 0 Å². The monoisotopic (exact) mass is 264 g/mol. The molecule has 1 N–H and O–H groups in total. The van der Waals surface area contributed by atoms with Crippen molar-refractivity contribution in [3.8, 4) is 0 Å². The van der Waals surface area contributed by atoms with E-state index in [2.05, 4.69) is 12.2 Å². The number of pyridine rings is 1. The fourth-order valence-electron chi connectivity index (χ4n) is 2.81. The molecule has 1 aliphatic carbocycles. The summed E-state index contributed by atoms with van der Waals surface area (Å²) in [6, 6.07) is 4.06. The maximum atomic E-state index is 12.0. The number of fused-ring (bicyclic) bond motifs is 1. The van der Waals surface area contributed by atoms with Gasteiger partial charge >= 0.3 is 0 Å². The van der Waals surface area contributed by atoms with E-state index in [1.54, 1.807) is 6.07 Å². The van der Waals surface area contributed by atoms with Crippen LogP contribution >= 0.6 is 0 Å². The third kappa shape index (κ3) is 3.25. The van der Waals surface area contributed by atoms with E-state index in [-0.39, 0.29) is 5.56 Å². The molecular formula is C15H24N2O2. The molecule has 4 nitrogen and oxygen atoms in total. The molecule has 0 aromatic carbocycles. The SMILES string of the molecule is CCCOCCn1c2c(ccc1=O)C(NC)CCC2. The van der Waals surface area contributed by atoms with Crippen LogP contribution in [-0.2, 0) is 17.7 Å². The summed E-state index contributed by atoms with van der Waals surface area (Å²) in [6.07, 6.45) is 4.30. The lowest BCUT2D eigenvalue weighted by atomic mass is 9.91. The average Bonchev–Trinajstić information content (AvgIpc) is 2.44. The highest BCUT2D eigenvalue weighted by Gasteiger charge is 2.21. The van der Waals surface area contributed by atoms with E-state index in [1.165, 1.54) is 11.3 Å². The van der Waals surface area contributed by atoms with Crippen molar-refractivity contribution >= 4 is 0 Å². The van der Waals surface area contributed by atoms with E-state index in [1.807, 2.05) is 17.7 Å². The molecule has 2 rings (SSSR count). The maximum Gasteiger partial charge on any atom is 0.250 e. The highest BCUT2D eigenvalue weighted by atomic mass is 16.5. The fraction of sp³-hybridized carbons (Fsp3) is 0.667. The zero-order valence-electron chi connectivity index (χ0n) is 11.9. The van der Waals surface area contributed by atoms with Crippen molar-refractivity contribution in [1.82, 2.24) is 9.88 Å². The molecular weight excluding hydrogens is 240 g/mol. The van der Waals surface area contributed by atoms with Gasteiger partial charge in [0.25, 0.3) is 5.56 Å². The smallest absolute Gasteiger partial charge is 0.250 e. The van der Waals surface area contributed by atoms with Gasteiger partial charge in [0, 0.05) is 31.0 Å². The molecule has 0 saturated carbocycles. The molecule has 0 aliphatic heterocycles. The summed E-state index contributed by atoms with van der Waals surface area (Å²) >= 11 is 0. The predicted octanol–water partition coefficient (Wildman–Crippen LogP) is 1.87. The van der Waals surface area contributed by atoms with Gasteiger partial charge in [0.1, 0.15) is 0 Å². The van der Waals surface area contributed by atoms with Crippen LogP contribution in [0.1, 0.15) is 43.5 Å². The van der Waals surface area contributed by atoms with Crippen molar-refractivity contribution in [2.75, 3.05) is 20.3 Å². The Bertz CT molecular complexity index is 468. The van der Waals surface area contributed by atoms with E-state index in [0.717, 1.165) is 32.3 Å². The second-order valence-corrected chi connectivity index (χ2v) is 5.07. The number of hydrogen-bond acceptors (Lipinski definition) is 3. The Morgan fingerprint density at radius 1 is 1.42 bits per heavy atom. The van der Waals surface area contributed by atoms with Gasteiger partial charge in [-0.15, -0.1) is 0 Å². The molecule has 1 aromatic heterocycles. The number of rotatable bonds is 6. The standard InChI is InChI=1S/C15H24N2O2/c1-3-10-19-11-9-17-14-6-4-5-13(16-2)12(14)7-8-15(17)18/h7-8,13,16H,3-6,9-11H2,1-2H3. The second-order valence-electron chi connectivity index (χ2n) is 5.07. The zero-order chi connectivity index (χ0) is 13.7. The first-order chi connectivity index (χ1) is 9.27. The van der Waals surface area contributed by atoms with E-state index < -0.39 is 0 Å². The summed E-state index contributed by atoms with van der Waals surface area (Å²) in [5.74, 6) is 0. The summed E-state index contributed by atoms with van der Waals surface area (Å²) in [7, 11) is 1.99. The molecule has 0 bridgehead atoms. The Kier molecular flexibility index (Phi) is 5.16. The van der Waals surface area contributed by atoms with Gasteiger partial charge in [0.05, 0.1) is 6.61 Å². The molecule has 0 saturated heterocycles. The van der Waals surface area contributed by atoms with Crippen LogP contribution < -0.4 is 10.9 Å². The number of nitrogens with one attached hydrogen (secondary N) is 1. The maximum absolute atomic E-state index is 12.0. The first-order valence-electron chi connectivity index (χ1n) is 7.25. The largest absolute Gasteiger partial charge is 0.380 e. The molecule has 1 atom stereocenters. The molecule has 1 aliphatic rings. The van der Waals surface area contributed by atoms with Gasteiger partial charge in [-0.05, 0) is 38.3 Å². The average molecular weight is 264 g/mol. The quantitative estimate of drug-likeness (QED) is 0.798. The minimum atomic E-state index is 0.0931. The van der Waals surface area contributed by atoms with E-state index in [4.69, 9.17) is 4.74 Å². The normalized spacial score (nSPS) is 18.3. The molecule has 0 radical (unpaired) electrons. The van der Waals surface area contributed by atoms with E-state index in [9.17, 15) is 4.79 Å². The summed E-state index contributed by atoms with van der Waals surface area (Å²) in [5.41, 5.74) is 2.57. The van der Waals surface area contributed by atoms with Crippen LogP contribution in [0.15, 0.2) is 16.9 Å². The van der Waals surface area contributed by atoms with Crippen LogP contribution in [0.3, 0.4) is 0 Å². The highest BCUT2D eigenvalue weighted by molar-refractivity contribution is 5.27. The van der Waals surface area contributed by atoms with Crippen molar-refractivity contribution in [3.05, 3.63) is 33.7 Å². The minimum Gasteiger partial charge on any atom is -0.380 e. The lowest BCUT2D eigenvalue weighted by Gasteiger charge is -2.27. The summed E-state index contributed by atoms with van der Waals surface area (Å²) in [5, 5.41) is 3.34.